The second kappa shape index (κ2) is 6.49. The molecule has 0 aliphatic heterocycles. The zero-order valence-electron chi connectivity index (χ0n) is 9.04. The molecule has 1 N–H and O–H groups in total. The maximum Gasteiger partial charge on any atom is 0.252 e. The first-order valence-corrected chi connectivity index (χ1v) is 8.57. The summed E-state index contributed by atoms with van der Waals surface area (Å²) in [5.41, 5.74) is 0.662. The first kappa shape index (κ1) is 14.5. The summed E-state index contributed by atoms with van der Waals surface area (Å²) >= 11 is 10.7. The van der Waals surface area contributed by atoms with Crippen LogP contribution >= 0.6 is 65.8 Å². The Kier molecular flexibility index (Phi) is 5.23. The average molecular weight is 501 g/mol. The van der Waals surface area contributed by atoms with Crippen molar-refractivity contribution in [2.24, 2.45) is 0 Å². The SMILES string of the molecule is O=C(NCc1sccc1Br)c1cc(I)ccc1Br. The van der Waals surface area contributed by atoms with Crippen LogP contribution in [0.2, 0.25) is 0 Å². The molecule has 1 aromatic carbocycles. The van der Waals surface area contributed by atoms with Gasteiger partial charge in [-0.1, -0.05) is 0 Å². The highest BCUT2D eigenvalue weighted by atomic mass is 127. The third kappa shape index (κ3) is 3.55. The number of hydrogen-bond acceptors (Lipinski definition) is 2. The lowest BCUT2D eigenvalue weighted by molar-refractivity contribution is 0.0950. The summed E-state index contributed by atoms with van der Waals surface area (Å²) < 4.78 is 2.89. The van der Waals surface area contributed by atoms with E-state index < -0.39 is 0 Å². The zero-order chi connectivity index (χ0) is 13.1. The van der Waals surface area contributed by atoms with E-state index in [1.807, 2.05) is 29.6 Å². The van der Waals surface area contributed by atoms with Crippen molar-refractivity contribution in [3.63, 3.8) is 0 Å². The summed E-state index contributed by atoms with van der Waals surface area (Å²) in [5, 5.41) is 4.91. The fourth-order valence-electron chi connectivity index (χ4n) is 1.38. The fraction of sp³-hybridized carbons (Fsp3) is 0.0833. The van der Waals surface area contributed by atoms with Gasteiger partial charge in [-0.3, -0.25) is 4.79 Å². The molecular weight excluding hydrogens is 493 g/mol. The van der Waals surface area contributed by atoms with Gasteiger partial charge in [-0.15, -0.1) is 11.3 Å². The lowest BCUT2D eigenvalue weighted by atomic mass is 10.2. The van der Waals surface area contributed by atoms with Crippen LogP contribution in [0, 0.1) is 3.57 Å². The number of nitrogens with one attached hydrogen (secondary N) is 1. The molecule has 0 unspecified atom stereocenters. The molecule has 18 heavy (non-hydrogen) atoms. The van der Waals surface area contributed by atoms with Gasteiger partial charge in [0.15, 0.2) is 0 Å². The van der Waals surface area contributed by atoms with Crippen LogP contribution in [0.25, 0.3) is 0 Å². The van der Waals surface area contributed by atoms with Crippen LogP contribution in [-0.2, 0) is 6.54 Å². The first-order chi connectivity index (χ1) is 8.58. The molecule has 94 valence electrons. The van der Waals surface area contributed by atoms with E-state index in [4.69, 9.17) is 0 Å². The van der Waals surface area contributed by atoms with Gasteiger partial charge in [0, 0.05) is 17.4 Å². The van der Waals surface area contributed by atoms with E-state index in [0.717, 1.165) is 17.4 Å². The molecule has 0 saturated carbocycles. The van der Waals surface area contributed by atoms with Gasteiger partial charge in [0.05, 0.1) is 12.1 Å². The fourth-order valence-corrected chi connectivity index (χ4v) is 3.73. The van der Waals surface area contributed by atoms with Gasteiger partial charge < -0.3 is 5.32 Å². The molecule has 0 saturated heterocycles. The van der Waals surface area contributed by atoms with Crippen LogP contribution in [-0.4, -0.2) is 5.91 Å². The predicted molar refractivity (Wildman–Crippen MR) is 90.0 cm³/mol. The summed E-state index contributed by atoms with van der Waals surface area (Å²) in [4.78, 5) is 13.2. The Balaban J connectivity index is 2.08. The van der Waals surface area contributed by atoms with Gasteiger partial charge in [0.25, 0.3) is 5.91 Å². The molecular formula is C12H8Br2INOS. The van der Waals surface area contributed by atoms with Gasteiger partial charge in [-0.25, -0.2) is 0 Å². The molecule has 1 aromatic heterocycles. The number of benzene rings is 1. The molecule has 6 heteroatoms. The molecule has 0 aliphatic carbocycles. The number of rotatable bonds is 3. The third-order valence-electron chi connectivity index (χ3n) is 2.27. The Morgan fingerprint density at radius 3 is 2.72 bits per heavy atom. The Hall–Kier alpha value is 0.0800. The minimum Gasteiger partial charge on any atom is -0.347 e. The molecule has 0 bridgehead atoms. The normalized spacial score (nSPS) is 10.4. The number of amides is 1. The second-order valence-corrected chi connectivity index (χ2v) is 7.45. The van der Waals surface area contributed by atoms with Crippen LogP contribution in [0.1, 0.15) is 15.2 Å². The number of thiophene rings is 1. The second-order valence-electron chi connectivity index (χ2n) is 3.50. The van der Waals surface area contributed by atoms with Gasteiger partial charge in [-0.05, 0) is 84.1 Å². The predicted octanol–water partition coefficient (Wildman–Crippen LogP) is 4.81. The molecule has 2 rings (SSSR count). The van der Waals surface area contributed by atoms with Crippen molar-refractivity contribution in [3.05, 3.63) is 52.6 Å². The van der Waals surface area contributed by atoms with E-state index in [2.05, 4.69) is 59.8 Å². The van der Waals surface area contributed by atoms with Crippen molar-refractivity contribution >= 4 is 71.7 Å². The molecule has 2 nitrogen and oxygen atoms in total. The highest BCUT2D eigenvalue weighted by Gasteiger charge is 2.11. The van der Waals surface area contributed by atoms with E-state index in [-0.39, 0.29) is 5.91 Å². The van der Waals surface area contributed by atoms with Gasteiger partial charge in [0.1, 0.15) is 0 Å². The molecule has 2 aromatic rings. The minimum atomic E-state index is -0.0688. The quantitative estimate of drug-likeness (QED) is 0.602. The van der Waals surface area contributed by atoms with E-state index >= 15 is 0 Å². The summed E-state index contributed by atoms with van der Waals surface area (Å²) in [5.74, 6) is -0.0688. The Morgan fingerprint density at radius 2 is 2.06 bits per heavy atom. The number of halogens is 3. The van der Waals surface area contributed by atoms with Crippen LogP contribution in [0.15, 0.2) is 38.6 Å². The molecule has 0 radical (unpaired) electrons. The summed E-state index contributed by atoms with van der Waals surface area (Å²) in [6.07, 6.45) is 0. The molecule has 0 aliphatic rings. The maximum atomic E-state index is 12.1. The van der Waals surface area contributed by atoms with Gasteiger partial charge >= 0.3 is 0 Å². The van der Waals surface area contributed by atoms with Crippen molar-refractivity contribution in [2.45, 2.75) is 6.54 Å². The highest BCUT2D eigenvalue weighted by Crippen LogP contribution is 2.23. The largest absolute Gasteiger partial charge is 0.347 e. The highest BCUT2D eigenvalue weighted by molar-refractivity contribution is 14.1. The van der Waals surface area contributed by atoms with E-state index in [1.165, 1.54) is 0 Å². The van der Waals surface area contributed by atoms with Gasteiger partial charge in [-0.2, -0.15) is 0 Å². The lowest BCUT2D eigenvalue weighted by Crippen LogP contribution is -2.23. The average Bonchev–Trinajstić information content (AvgIpc) is 2.75. The molecule has 1 heterocycles. The summed E-state index contributed by atoms with van der Waals surface area (Å²) in [6.45, 7) is 0.537. The molecule has 0 spiro atoms. The van der Waals surface area contributed by atoms with Crippen molar-refractivity contribution < 1.29 is 4.79 Å². The smallest absolute Gasteiger partial charge is 0.252 e. The zero-order valence-corrected chi connectivity index (χ0v) is 15.2. The minimum absolute atomic E-state index is 0.0688. The molecule has 0 fully saturated rings. The summed E-state index contributed by atoms with van der Waals surface area (Å²) in [7, 11) is 0. The van der Waals surface area contributed by atoms with Crippen molar-refractivity contribution in [3.8, 4) is 0 Å². The van der Waals surface area contributed by atoms with E-state index in [1.54, 1.807) is 11.3 Å². The maximum absolute atomic E-state index is 12.1. The lowest BCUT2D eigenvalue weighted by Gasteiger charge is -2.06. The molecule has 1 amide bonds. The van der Waals surface area contributed by atoms with Crippen molar-refractivity contribution in [1.29, 1.82) is 0 Å². The van der Waals surface area contributed by atoms with E-state index in [0.29, 0.717) is 12.1 Å². The topological polar surface area (TPSA) is 29.1 Å². The third-order valence-corrected chi connectivity index (χ3v) is 5.56. The Labute approximate surface area is 140 Å². The Morgan fingerprint density at radius 1 is 1.28 bits per heavy atom. The number of hydrogen-bond donors (Lipinski definition) is 1. The van der Waals surface area contributed by atoms with Crippen molar-refractivity contribution in [1.82, 2.24) is 5.32 Å². The molecule has 0 atom stereocenters. The van der Waals surface area contributed by atoms with E-state index in [9.17, 15) is 4.79 Å². The van der Waals surface area contributed by atoms with Crippen LogP contribution in [0.5, 0.6) is 0 Å². The number of carbonyl (C=O) groups excluding carboxylic acids is 1. The Bertz CT molecular complexity index is 585. The van der Waals surface area contributed by atoms with Gasteiger partial charge in [0.2, 0.25) is 0 Å². The van der Waals surface area contributed by atoms with Crippen molar-refractivity contribution in [2.75, 3.05) is 0 Å². The standard InChI is InChI=1S/C12H8Br2INOS/c13-9-2-1-7(15)5-8(9)12(17)16-6-11-10(14)3-4-18-11/h1-5H,6H2,(H,16,17). The van der Waals surface area contributed by atoms with Crippen LogP contribution in [0.4, 0.5) is 0 Å². The monoisotopic (exact) mass is 499 g/mol. The van der Waals surface area contributed by atoms with Crippen LogP contribution < -0.4 is 5.32 Å². The first-order valence-electron chi connectivity index (χ1n) is 5.03. The van der Waals surface area contributed by atoms with Crippen LogP contribution in [0.3, 0.4) is 0 Å². The summed E-state index contributed by atoms with van der Waals surface area (Å²) in [6, 6.07) is 7.69. The number of carbonyl (C=O) groups is 1.